The van der Waals surface area contributed by atoms with E-state index in [0.29, 0.717) is 50.4 Å². The van der Waals surface area contributed by atoms with Crippen molar-refractivity contribution in [2.24, 2.45) is 0 Å². The lowest BCUT2D eigenvalue weighted by Crippen LogP contribution is -2.63. The standard InChI is InChI=1S/C24H24N4O6S/c1-13-17(22(29)27-24(3)11-35(31,32)12-24)10-28-21(13)18(7-8-26-28)34-15-5-6-16-19(9-15)33-14(2)20(16)23(30)25-4/h5-10H,11-12H2,1-4H3,(H,25,30)(H,27,29). The van der Waals surface area contributed by atoms with Gasteiger partial charge in [0.1, 0.15) is 22.6 Å². The van der Waals surface area contributed by atoms with Crippen molar-refractivity contribution in [3.05, 3.63) is 59.1 Å². The van der Waals surface area contributed by atoms with Crippen molar-refractivity contribution in [1.82, 2.24) is 20.2 Å². The number of carbonyl (C=O) groups is 2. The number of amides is 2. The molecule has 1 aliphatic heterocycles. The van der Waals surface area contributed by atoms with Gasteiger partial charge in [-0.3, -0.25) is 9.59 Å². The highest BCUT2D eigenvalue weighted by molar-refractivity contribution is 7.93. The lowest BCUT2D eigenvalue weighted by atomic mass is 10.1. The van der Waals surface area contributed by atoms with Crippen molar-refractivity contribution in [2.45, 2.75) is 26.3 Å². The molecule has 5 rings (SSSR count). The van der Waals surface area contributed by atoms with Crippen molar-refractivity contribution < 1.29 is 27.2 Å². The average Bonchev–Trinajstić information content (AvgIpc) is 3.28. The molecule has 0 aliphatic carbocycles. The molecule has 10 nitrogen and oxygen atoms in total. The second-order valence-electron chi connectivity index (χ2n) is 9.08. The number of rotatable bonds is 5. The first-order valence-electron chi connectivity index (χ1n) is 10.9. The third-order valence-electron chi connectivity index (χ3n) is 6.15. The molecule has 0 bridgehead atoms. The van der Waals surface area contributed by atoms with Crippen LogP contribution in [-0.4, -0.2) is 53.9 Å². The van der Waals surface area contributed by atoms with E-state index in [0.717, 1.165) is 0 Å². The molecule has 0 atom stereocenters. The van der Waals surface area contributed by atoms with E-state index in [-0.39, 0.29) is 23.3 Å². The SMILES string of the molecule is CNC(=O)c1c(C)oc2cc(Oc3ccnn4cc(C(=O)NC5(C)CS(=O)(=O)C5)c(C)c34)ccc12. The molecule has 2 N–H and O–H groups in total. The molecule has 0 saturated carbocycles. The molecule has 3 aromatic heterocycles. The first-order valence-corrected chi connectivity index (χ1v) is 12.8. The van der Waals surface area contributed by atoms with Gasteiger partial charge in [-0.15, -0.1) is 0 Å². The van der Waals surface area contributed by atoms with Crippen LogP contribution in [0.15, 0.2) is 41.1 Å². The third kappa shape index (κ3) is 3.91. The van der Waals surface area contributed by atoms with Gasteiger partial charge in [-0.25, -0.2) is 12.9 Å². The first-order chi connectivity index (χ1) is 16.5. The fourth-order valence-corrected chi connectivity index (χ4v) is 6.68. The largest absolute Gasteiger partial charge is 0.460 e. The summed E-state index contributed by atoms with van der Waals surface area (Å²) >= 11 is 0. The number of nitrogens with zero attached hydrogens (tertiary/aromatic N) is 2. The number of sulfone groups is 1. The zero-order chi connectivity index (χ0) is 25.1. The van der Waals surface area contributed by atoms with E-state index in [1.165, 1.54) is 0 Å². The number of nitrogens with one attached hydrogen (secondary N) is 2. The maximum atomic E-state index is 13.0. The summed E-state index contributed by atoms with van der Waals surface area (Å²) in [7, 11) is -1.53. The summed E-state index contributed by atoms with van der Waals surface area (Å²) in [5.41, 5.74) is 1.84. The Balaban J connectivity index is 1.47. The summed E-state index contributed by atoms with van der Waals surface area (Å²) in [6.07, 6.45) is 3.15. The van der Waals surface area contributed by atoms with Gasteiger partial charge in [-0.05, 0) is 38.5 Å². The van der Waals surface area contributed by atoms with Crippen LogP contribution in [0.2, 0.25) is 0 Å². The molecule has 4 heterocycles. The fourth-order valence-electron chi connectivity index (χ4n) is 4.67. The first kappa shape index (κ1) is 22.9. The Morgan fingerprint density at radius 3 is 2.60 bits per heavy atom. The highest BCUT2D eigenvalue weighted by Crippen LogP contribution is 2.34. The van der Waals surface area contributed by atoms with Gasteiger partial charge in [0.05, 0.1) is 34.4 Å². The number of carbonyl (C=O) groups excluding carboxylic acids is 2. The van der Waals surface area contributed by atoms with Crippen LogP contribution in [-0.2, 0) is 9.84 Å². The molecule has 1 aromatic carbocycles. The van der Waals surface area contributed by atoms with Crippen LogP contribution in [0.5, 0.6) is 11.5 Å². The van der Waals surface area contributed by atoms with Crippen molar-refractivity contribution >= 4 is 38.1 Å². The van der Waals surface area contributed by atoms with E-state index in [1.807, 2.05) is 0 Å². The number of benzene rings is 1. The summed E-state index contributed by atoms with van der Waals surface area (Å²) in [4.78, 5) is 25.1. The number of hydrogen-bond acceptors (Lipinski definition) is 7. The minimum absolute atomic E-state index is 0.0822. The van der Waals surface area contributed by atoms with Gasteiger partial charge in [0.2, 0.25) is 0 Å². The van der Waals surface area contributed by atoms with Crippen LogP contribution in [0.25, 0.3) is 16.5 Å². The molecular weight excluding hydrogens is 472 g/mol. The second kappa shape index (κ2) is 7.84. The van der Waals surface area contributed by atoms with Gasteiger partial charge in [0.25, 0.3) is 11.8 Å². The summed E-state index contributed by atoms with van der Waals surface area (Å²) in [5.74, 6) is 0.709. The summed E-state index contributed by atoms with van der Waals surface area (Å²) in [6, 6.07) is 6.90. The second-order valence-corrected chi connectivity index (χ2v) is 11.1. The number of fused-ring (bicyclic) bond motifs is 2. The fraction of sp³-hybridized carbons (Fsp3) is 0.292. The Hall–Kier alpha value is -3.86. The van der Waals surface area contributed by atoms with Crippen LogP contribution in [0.1, 0.15) is 39.0 Å². The molecule has 182 valence electrons. The van der Waals surface area contributed by atoms with Gasteiger partial charge >= 0.3 is 0 Å². The predicted octanol–water partition coefficient (Wildman–Crippen LogP) is 2.77. The van der Waals surface area contributed by atoms with Crippen molar-refractivity contribution in [2.75, 3.05) is 18.6 Å². The van der Waals surface area contributed by atoms with E-state index >= 15 is 0 Å². The Bertz CT molecular complexity index is 1620. The highest BCUT2D eigenvalue weighted by Gasteiger charge is 2.46. The van der Waals surface area contributed by atoms with E-state index in [2.05, 4.69) is 15.7 Å². The molecule has 4 aromatic rings. The predicted molar refractivity (Wildman–Crippen MR) is 129 cm³/mol. The quantitative estimate of drug-likeness (QED) is 0.434. The zero-order valence-corrected chi connectivity index (χ0v) is 20.4. The molecule has 2 amide bonds. The number of hydrogen-bond donors (Lipinski definition) is 2. The minimum Gasteiger partial charge on any atom is -0.460 e. The molecular formula is C24H24N4O6S. The van der Waals surface area contributed by atoms with Crippen LogP contribution >= 0.6 is 0 Å². The van der Waals surface area contributed by atoms with Crippen LogP contribution in [0, 0.1) is 13.8 Å². The Labute approximate surface area is 201 Å². The van der Waals surface area contributed by atoms with E-state index < -0.39 is 15.4 Å². The summed E-state index contributed by atoms with van der Waals surface area (Å²) in [6.45, 7) is 5.23. The molecule has 1 saturated heterocycles. The van der Waals surface area contributed by atoms with Crippen molar-refractivity contribution in [1.29, 1.82) is 0 Å². The van der Waals surface area contributed by atoms with Crippen molar-refractivity contribution in [3.8, 4) is 11.5 Å². The number of furan rings is 1. The lowest BCUT2D eigenvalue weighted by molar-refractivity contribution is 0.0914. The summed E-state index contributed by atoms with van der Waals surface area (Å²) in [5, 5.41) is 10.4. The zero-order valence-electron chi connectivity index (χ0n) is 19.6. The average molecular weight is 497 g/mol. The summed E-state index contributed by atoms with van der Waals surface area (Å²) < 4.78 is 36.6. The molecule has 1 aliphatic rings. The smallest absolute Gasteiger partial charge is 0.255 e. The molecule has 0 radical (unpaired) electrons. The lowest BCUT2D eigenvalue weighted by Gasteiger charge is -2.38. The Morgan fingerprint density at radius 2 is 1.91 bits per heavy atom. The molecule has 11 heteroatoms. The maximum Gasteiger partial charge on any atom is 0.255 e. The number of aromatic nitrogens is 2. The Kier molecular flexibility index (Phi) is 5.13. The van der Waals surface area contributed by atoms with Gasteiger partial charge in [-0.2, -0.15) is 5.10 Å². The molecule has 35 heavy (non-hydrogen) atoms. The van der Waals surface area contributed by atoms with Crippen LogP contribution < -0.4 is 15.4 Å². The molecule has 0 unspecified atom stereocenters. The Morgan fingerprint density at radius 1 is 1.17 bits per heavy atom. The topological polar surface area (TPSA) is 132 Å². The van der Waals surface area contributed by atoms with Crippen LogP contribution in [0.4, 0.5) is 0 Å². The maximum absolute atomic E-state index is 13.0. The highest BCUT2D eigenvalue weighted by atomic mass is 32.2. The normalized spacial score (nSPS) is 16.1. The van der Waals surface area contributed by atoms with E-state index in [1.54, 1.807) is 69.0 Å². The molecule has 0 spiro atoms. The third-order valence-corrected chi connectivity index (χ3v) is 8.30. The van der Waals surface area contributed by atoms with E-state index in [9.17, 15) is 18.0 Å². The van der Waals surface area contributed by atoms with Gasteiger partial charge in [0, 0.05) is 30.8 Å². The number of ether oxygens (including phenoxy) is 1. The van der Waals surface area contributed by atoms with Gasteiger partial charge < -0.3 is 19.8 Å². The van der Waals surface area contributed by atoms with E-state index in [4.69, 9.17) is 9.15 Å². The van der Waals surface area contributed by atoms with Crippen molar-refractivity contribution in [3.63, 3.8) is 0 Å². The molecule has 1 fully saturated rings. The van der Waals surface area contributed by atoms with Crippen LogP contribution in [0.3, 0.4) is 0 Å². The number of aryl methyl sites for hydroxylation is 2. The van der Waals surface area contributed by atoms with Gasteiger partial charge in [-0.1, -0.05) is 0 Å². The minimum atomic E-state index is -3.10. The monoisotopic (exact) mass is 496 g/mol. The van der Waals surface area contributed by atoms with Gasteiger partial charge in [0.15, 0.2) is 15.6 Å².